The minimum atomic E-state index is 0.785. The van der Waals surface area contributed by atoms with Crippen LogP contribution in [-0.4, -0.2) is 60.7 Å². The van der Waals surface area contributed by atoms with Gasteiger partial charge in [0, 0.05) is 51.7 Å². The number of pyridine rings is 1. The molecule has 0 amide bonds. The predicted octanol–water partition coefficient (Wildman–Crippen LogP) is 1.87. The SMILES string of the molecule is c1cc(CN2CC[C@H]3CN(CC4CCOC4)C[C@H]3C2)ccn1. The number of aromatic nitrogens is 1. The van der Waals surface area contributed by atoms with Crippen molar-refractivity contribution < 1.29 is 4.74 Å². The van der Waals surface area contributed by atoms with Crippen LogP contribution in [-0.2, 0) is 11.3 Å². The molecule has 3 fully saturated rings. The van der Waals surface area contributed by atoms with E-state index in [2.05, 4.69) is 26.9 Å². The number of likely N-dealkylation sites (tertiary alicyclic amines) is 2. The van der Waals surface area contributed by atoms with E-state index >= 15 is 0 Å². The van der Waals surface area contributed by atoms with Gasteiger partial charge in [0.15, 0.2) is 0 Å². The van der Waals surface area contributed by atoms with E-state index in [0.29, 0.717) is 0 Å². The Morgan fingerprint density at radius 1 is 1.05 bits per heavy atom. The highest BCUT2D eigenvalue weighted by atomic mass is 16.5. The van der Waals surface area contributed by atoms with Gasteiger partial charge >= 0.3 is 0 Å². The van der Waals surface area contributed by atoms with Gasteiger partial charge < -0.3 is 9.64 Å². The van der Waals surface area contributed by atoms with Crippen LogP contribution in [0.25, 0.3) is 0 Å². The monoisotopic (exact) mass is 301 g/mol. The van der Waals surface area contributed by atoms with Crippen molar-refractivity contribution in [1.82, 2.24) is 14.8 Å². The molecule has 3 atom stereocenters. The smallest absolute Gasteiger partial charge is 0.0507 e. The summed E-state index contributed by atoms with van der Waals surface area (Å²) < 4.78 is 5.53. The number of nitrogens with zero attached hydrogens (tertiary/aromatic N) is 3. The molecule has 3 aliphatic heterocycles. The molecule has 0 spiro atoms. The summed E-state index contributed by atoms with van der Waals surface area (Å²) in [5, 5.41) is 0. The molecule has 1 aromatic rings. The van der Waals surface area contributed by atoms with Crippen LogP contribution in [0, 0.1) is 17.8 Å². The van der Waals surface area contributed by atoms with E-state index in [1.807, 2.05) is 12.4 Å². The molecule has 1 unspecified atom stereocenters. The lowest BCUT2D eigenvalue weighted by atomic mass is 9.88. The Morgan fingerprint density at radius 2 is 1.86 bits per heavy atom. The third kappa shape index (κ3) is 3.34. The topological polar surface area (TPSA) is 28.6 Å². The summed E-state index contributed by atoms with van der Waals surface area (Å²) in [5.74, 6) is 2.59. The maximum Gasteiger partial charge on any atom is 0.0507 e. The number of piperidine rings is 1. The zero-order valence-electron chi connectivity index (χ0n) is 13.4. The van der Waals surface area contributed by atoms with Crippen molar-refractivity contribution in [2.75, 3.05) is 45.9 Å². The summed E-state index contributed by atoms with van der Waals surface area (Å²) in [6, 6.07) is 4.29. The van der Waals surface area contributed by atoms with Crippen molar-refractivity contribution in [3.8, 4) is 0 Å². The Balaban J connectivity index is 1.29. The molecule has 0 saturated carbocycles. The molecule has 4 heterocycles. The number of hydrogen-bond donors (Lipinski definition) is 0. The lowest BCUT2D eigenvalue weighted by molar-refractivity contribution is 0.142. The van der Waals surface area contributed by atoms with Crippen molar-refractivity contribution >= 4 is 0 Å². The molecule has 4 rings (SSSR count). The Labute approximate surface area is 133 Å². The zero-order valence-corrected chi connectivity index (χ0v) is 13.4. The van der Waals surface area contributed by atoms with Crippen LogP contribution in [0.2, 0.25) is 0 Å². The van der Waals surface area contributed by atoms with Gasteiger partial charge in [-0.3, -0.25) is 9.88 Å². The lowest BCUT2D eigenvalue weighted by Gasteiger charge is -2.34. The molecule has 0 aliphatic carbocycles. The van der Waals surface area contributed by atoms with Gasteiger partial charge in [-0.15, -0.1) is 0 Å². The van der Waals surface area contributed by atoms with Crippen molar-refractivity contribution in [2.24, 2.45) is 17.8 Å². The van der Waals surface area contributed by atoms with E-state index in [1.165, 1.54) is 51.1 Å². The standard InChI is InChI=1S/C18H27N3O/c1-5-19-6-2-15(1)9-20-7-3-17-11-21(13-18(17)12-20)10-16-4-8-22-14-16/h1-2,5-6,16-18H,3-4,7-14H2/t16?,17-,18+/m0/s1. The maximum atomic E-state index is 5.53. The molecular weight excluding hydrogens is 274 g/mol. The largest absolute Gasteiger partial charge is 0.381 e. The third-order valence-electron chi connectivity index (χ3n) is 5.66. The number of ether oxygens (including phenoxy) is 1. The second kappa shape index (κ2) is 6.65. The second-order valence-electron chi connectivity index (χ2n) is 7.35. The summed E-state index contributed by atoms with van der Waals surface area (Å²) in [7, 11) is 0. The summed E-state index contributed by atoms with van der Waals surface area (Å²) in [5.41, 5.74) is 1.39. The molecule has 3 aliphatic rings. The van der Waals surface area contributed by atoms with Gasteiger partial charge in [0.1, 0.15) is 0 Å². The molecule has 0 radical (unpaired) electrons. The highest BCUT2D eigenvalue weighted by Crippen LogP contribution is 2.32. The molecule has 22 heavy (non-hydrogen) atoms. The van der Waals surface area contributed by atoms with Gasteiger partial charge in [-0.2, -0.15) is 0 Å². The van der Waals surface area contributed by atoms with Crippen LogP contribution in [0.5, 0.6) is 0 Å². The van der Waals surface area contributed by atoms with Crippen LogP contribution >= 0.6 is 0 Å². The number of hydrogen-bond acceptors (Lipinski definition) is 4. The molecule has 3 saturated heterocycles. The van der Waals surface area contributed by atoms with Gasteiger partial charge in [-0.05, 0) is 54.8 Å². The molecule has 0 aromatic carbocycles. The van der Waals surface area contributed by atoms with E-state index in [1.54, 1.807) is 0 Å². The Bertz CT molecular complexity index is 474. The average molecular weight is 301 g/mol. The highest BCUT2D eigenvalue weighted by molar-refractivity contribution is 5.09. The van der Waals surface area contributed by atoms with Gasteiger partial charge in [0.25, 0.3) is 0 Å². The molecular formula is C18H27N3O. The third-order valence-corrected chi connectivity index (χ3v) is 5.66. The lowest BCUT2D eigenvalue weighted by Crippen LogP contribution is -2.39. The van der Waals surface area contributed by atoms with E-state index in [-0.39, 0.29) is 0 Å². The molecule has 4 nitrogen and oxygen atoms in total. The van der Waals surface area contributed by atoms with Gasteiger partial charge in [0.05, 0.1) is 6.61 Å². The van der Waals surface area contributed by atoms with Crippen LogP contribution in [0.4, 0.5) is 0 Å². The summed E-state index contributed by atoms with van der Waals surface area (Å²) in [4.78, 5) is 9.47. The first-order chi connectivity index (χ1) is 10.9. The Hall–Kier alpha value is -0.970. The summed E-state index contributed by atoms with van der Waals surface area (Å²) in [6.45, 7) is 9.46. The molecule has 120 valence electrons. The minimum absolute atomic E-state index is 0.785. The quantitative estimate of drug-likeness (QED) is 0.849. The predicted molar refractivity (Wildman–Crippen MR) is 86.5 cm³/mol. The number of fused-ring (bicyclic) bond motifs is 1. The van der Waals surface area contributed by atoms with Crippen LogP contribution in [0.3, 0.4) is 0 Å². The highest BCUT2D eigenvalue weighted by Gasteiger charge is 2.37. The van der Waals surface area contributed by atoms with Crippen LogP contribution < -0.4 is 0 Å². The van der Waals surface area contributed by atoms with E-state index in [4.69, 9.17) is 4.74 Å². The molecule has 1 aromatic heterocycles. The fourth-order valence-corrected chi connectivity index (χ4v) is 4.47. The first kappa shape index (κ1) is 14.6. The van der Waals surface area contributed by atoms with E-state index in [0.717, 1.165) is 37.5 Å². The summed E-state index contributed by atoms with van der Waals surface area (Å²) >= 11 is 0. The van der Waals surface area contributed by atoms with Crippen molar-refractivity contribution in [3.63, 3.8) is 0 Å². The van der Waals surface area contributed by atoms with E-state index in [9.17, 15) is 0 Å². The first-order valence-electron chi connectivity index (χ1n) is 8.78. The second-order valence-corrected chi connectivity index (χ2v) is 7.35. The first-order valence-corrected chi connectivity index (χ1v) is 8.78. The van der Waals surface area contributed by atoms with Gasteiger partial charge in [-0.25, -0.2) is 0 Å². The molecule has 0 N–H and O–H groups in total. The Kier molecular flexibility index (Phi) is 4.42. The van der Waals surface area contributed by atoms with Crippen molar-refractivity contribution in [2.45, 2.75) is 19.4 Å². The molecule has 4 heteroatoms. The average Bonchev–Trinajstić information content (AvgIpc) is 3.17. The maximum absolute atomic E-state index is 5.53. The fraction of sp³-hybridized carbons (Fsp3) is 0.722. The van der Waals surface area contributed by atoms with E-state index < -0.39 is 0 Å². The summed E-state index contributed by atoms with van der Waals surface area (Å²) in [6.07, 6.45) is 6.44. The van der Waals surface area contributed by atoms with Crippen LogP contribution in [0.1, 0.15) is 18.4 Å². The Morgan fingerprint density at radius 3 is 2.68 bits per heavy atom. The minimum Gasteiger partial charge on any atom is -0.381 e. The fourth-order valence-electron chi connectivity index (χ4n) is 4.47. The van der Waals surface area contributed by atoms with Gasteiger partial charge in [-0.1, -0.05) is 0 Å². The van der Waals surface area contributed by atoms with Crippen molar-refractivity contribution in [3.05, 3.63) is 30.1 Å². The van der Waals surface area contributed by atoms with Gasteiger partial charge in [0.2, 0.25) is 0 Å². The number of rotatable bonds is 4. The normalized spacial score (nSPS) is 33.2. The zero-order chi connectivity index (χ0) is 14.8. The van der Waals surface area contributed by atoms with Crippen LogP contribution in [0.15, 0.2) is 24.5 Å². The molecule has 0 bridgehead atoms. The van der Waals surface area contributed by atoms with Crippen molar-refractivity contribution in [1.29, 1.82) is 0 Å².